The van der Waals surface area contributed by atoms with E-state index >= 15 is 0 Å². The van der Waals surface area contributed by atoms with Crippen LogP contribution in [0.15, 0.2) is 30.5 Å². The largest absolute Gasteiger partial charge is 0.496 e. The molecular formula is C18H23N3O2S. The minimum atomic E-state index is 0.0960. The second kappa shape index (κ2) is 7.66. The molecule has 0 unspecified atom stereocenters. The minimum Gasteiger partial charge on any atom is -0.496 e. The van der Waals surface area contributed by atoms with Gasteiger partial charge in [0.25, 0.3) is 5.91 Å². The number of carbonyl (C=O) groups excluding carboxylic acids is 1. The lowest BCUT2D eigenvalue weighted by Crippen LogP contribution is -2.40. The standard InChI is InChI=1S/C18H23N3O2S/c1-19-18-20-11-16(24-18)17(22)21-9-5-6-13(12-21)10-14-7-3-4-8-15(14)23-2/h3-4,7-8,11,13H,5-6,9-10,12H2,1-2H3,(H,19,20)/t13-/m0/s1. The fourth-order valence-corrected chi connectivity index (χ4v) is 3.98. The fourth-order valence-electron chi connectivity index (χ4n) is 3.24. The molecule has 128 valence electrons. The van der Waals surface area contributed by atoms with Gasteiger partial charge in [-0.1, -0.05) is 29.5 Å². The number of nitrogens with one attached hydrogen (secondary N) is 1. The van der Waals surface area contributed by atoms with Gasteiger partial charge in [-0.2, -0.15) is 0 Å². The van der Waals surface area contributed by atoms with Gasteiger partial charge in [-0.15, -0.1) is 0 Å². The average molecular weight is 345 g/mol. The molecule has 1 amide bonds. The zero-order chi connectivity index (χ0) is 16.9. The molecule has 2 aromatic rings. The van der Waals surface area contributed by atoms with Gasteiger partial charge in [-0.05, 0) is 36.8 Å². The van der Waals surface area contributed by atoms with E-state index in [1.807, 2.05) is 30.1 Å². The summed E-state index contributed by atoms with van der Waals surface area (Å²) in [4.78, 5) is 19.6. The van der Waals surface area contributed by atoms with Crippen molar-refractivity contribution in [3.8, 4) is 5.75 Å². The van der Waals surface area contributed by atoms with E-state index < -0.39 is 0 Å². The SMILES string of the molecule is CNc1ncc(C(=O)N2CCC[C@@H](Cc3ccccc3OC)C2)s1. The van der Waals surface area contributed by atoms with Gasteiger partial charge < -0.3 is 15.0 Å². The number of aromatic nitrogens is 1. The molecule has 3 rings (SSSR count). The molecule has 0 aliphatic carbocycles. The molecule has 1 fully saturated rings. The number of amides is 1. The van der Waals surface area contributed by atoms with Crippen molar-refractivity contribution in [1.82, 2.24) is 9.88 Å². The third kappa shape index (κ3) is 3.70. The molecule has 1 aromatic carbocycles. The van der Waals surface area contributed by atoms with E-state index in [9.17, 15) is 4.79 Å². The average Bonchev–Trinajstić information content (AvgIpc) is 3.11. The summed E-state index contributed by atoms with van der Waals surface area (Å²) in [5, 5.41) is 3.76. The second-order valence-corrected chi connectivity index (χ2v) is 7.09. The number of ether oxygens (including phenoxy) is 1. The summed E-state index contributed by atoms with van der Waals surface area (Å²) in [6.45, 7) is 1.62. The van der Waals surface area contributed by atoms with Gasteiger partial charge in [0, 0.05) is 20.1 Å². The predicted octanol–water partition coefficient (Wildman–Crippen LogP) is 3.29. The molecular weight excluding hydrogens is 322 g/mol. The molecule has 24 heavy (non-hydrogen) atoms. The normalized spacial score (nSPS) is 17.6. The quantitative estimate of drug-likeness (QED) is 0.903. The first-order valence-electron chi connectivity index (χ1n) is 8.26. The van der Waals surface area contributed by atoms with Crippen molar-refractivity contribution < 1.29 is 9.53 Å². The third-order valence-corrected chi connectivity index (χ3v) is 5.44. The topological polar surface area (TPSA) is 54.5 Å². The summed E-state index contributed by atoms with van der Waals surface area (Å²) in [5.41, 5.74) is 1.22. The van der Waals surface area contributed by atoms with Crippen molar-refractivity contribution in [1.29, 1.82) is 0 Å². The Bertz CT molecular complexity index is 701. The highest BCUT2D eigenvalue weighted by Crippen LogP contribution is 2.27. The Balaban J connectivity index is 1.66. The molecule has 0 radical (unpaired) electrons. The highest BCUT2D eigenvalue weighted by molar-refractivity contribution is 7.17. The number of hydrogen-bond acceptors (Lipinski definition) is 5. The first-order chi connectivity index (χ1) is 11.7. The van der Waals surface area contributed by atoms with Crippen molar-refractivity contribution >= 4 is 22.4 Å². The summed E-state index contributed by atoms with van der Waals surface area (Å²) in [6.07, 6.45) is 4.80. The van der Waals surface area contributed by atoms with Crippen LogP contribution < -0.4 is 10.1 Å². The molecule has 1 aliphatic heterocycles. The van der Waals surface area contributed by atoms with Crippen molar-refractivity contribution in [2.75, 3.05) is 32.6 Å². The molecule has 0 spiro atoms. The third-order valence-electron chi connectivity index (χ3n) is 4.44. The molecule has 5 nitrogen and oxygen atoms in total. The van der Waals surface area contributed by atoms with Crippen molar-refractivity contribution in [3.05, 3.63) is 40.9 Å². The van der Waals surface area contributed by atoms with Crippen LogP contribution in [0.2, 0.25) is 0 Å². The number of rotatable bonds is 5. The maximum Gasteiger partial charge on any atom is 0.265 e. The van der Waals surface area contributed by atoms with E-state index in [2.05, 4.69) is 16.4 Å². The number of piperidine rings is 1. The second-order valence-electron chi connectivity index (χ2n) is 6.06. The smallest absolute Gasteiger partial charge is 0.265 e. The maximum atomic E-state index is 12.7. The zero-order valence-electron chi connectivity index (χ0n) is 14.1. The minimum absolute atomic E-state index is 0.0960. The van der Waals surface area contributed by atoms with Crippen LogP contribution in [0.5, 0.6) is 5.75 Å². The van der Waals surface area contributed by atoms with Gasteiger partial charge in [0.05, 0.1) is 13.3 Å². The first kappa shape index (κ1) is 16.8. The number of methoxy groups -OCH3 is 1. The molecule has 0 saturated carbocycles. The van der Waals surface area contributed by atoms with Crippen molar-refractivity contribution in [3.63, 3.8) is 0 Å². The van der Waals surface area contributed by atoms with E-state index in [0.29, 0.717) is 10.8 Å². The fraction of sp³-hybridized carbons (Fsp3) is 0.444. The number of benzene rings is 1. The number of carbonyl (C=O) groups is 1. The Kier molecular flexibility index (Phi) is 5.35. The number of thiazole rings is 1. The number of likely N-dealkylation sites (tertiary alicyclic amines) is 1. The van der Waals surface area contributed by atoms with Crippen molar-refractivity contribution in [2.24, 2.45) is 5.92 Å². The Hall–Kier alpha value is -2.08. The Morgan fingerprint density at radius 2 is 2.29 bits per heavy atom. The predicted molar refractivity (Wildman–Crippen MR) is 97.0 cm³/mol. The lowest BCUT2D eigenvalue weighted by atomic mass is 9.91. The monoisotopic (exact) mass is 345 g/mol. The molecule has 2 heterocycles. The molecule has 1 aromatic heterocycles. The van der Waals surface area contributed by atoms with E-state index in [-0.39, 0.29) is 5.91 Å². The zero-order valence-corrected chi connectivity index (χ0v) is 14.9. The number of anilines is 1. The lowest BCUT2D eigenvalue weighted by molar-refractivity contribution is 0.0678. The molecule has 1 aliphatic rings. The van der Waals surface area contributed by atoms with Crippen LogP contribution >= 0.6 is 11.3 Å². The number of para-hydroxylation sites is 1. The van der Waals surface area contributed by atoms with Crippen LogP contribution in [0.3, 0.4) is 0 Å². The van der Waals surface area contributed by atoms with Gasteiger partial charge >= 0.3 is 0 Å². The maximum absolute atomic E-state index is 12.7. The summed E-state index contributed by atoms with van der Waals surface area (Å²) >= 11 is 1.41. The van der Waals surface area contributed by atoms with Crippen LogP contribution in [0.4, 0.5) is 5.13 Å². The summed E-state index contributed by atoms with van der Waals surface area (Å²) in [6, 6.07) is 8.14. The summed E-state index contributed by atoms with van der Waals surface area (Å²) < 4.78 is 5.45. The van der Waals surface area contributed by atoms with Crippen LogP contribution in [0, 0.1) is 5.92 Å². The van der Waals surface area contributed by atoms with E-state index in [4.69, 9.17) is 4.74 Å². The highest BCUT2D eigenvalue weighted by atomic mass is 32.1. The Labute approximate surface area is 146 Å². The highest BCUT2D eigenvalue weighted by Gasteiger charge is 2.26. The number of nitrogens with zero attached hydrogens (tertiary/aromatic N) is 2. The molecule has 1 N–H and O–H groups in total. The summed E-state index contributed by atoms with van der Waals surface area (Å²) in [7, 11) is 3.52. The summed E-state index contributed by atoms with van der Waals surface area (Å²) in [5.74, 6) is 1.50. The Morgan fingerprint density at radius 1 is 1.46 bits per heavy atom. The van der Waals surface area contributed by atoms with E-state index in [0.717, 1.165) is 43.2 Å². The van der Waals surface area contributed by atoms with Crippen LogP contribution in [0.1, 0.15) is 28.1 Å². The van der Waals surface area contributed by atoms with Crippen molar-refractivity contribution in [2.45, 2.75) is 19.3 Å². The Morgan fingerprint density at radius 3 is 3.04 bits per heavy atom. The van der Waals surface area contributed by atoms with Crippen LogP contribution in [-0.4, -0.2) is 43.0 Å². The van der Waals surface area contributed by atoms with Gasteiger partial charge in [0.15, 0.2) is 5.13 Å². The number of hydrogen-bond donors (Lipinski definition) is 1. The molecule has 0 bridgehead atoms. The van der Waals surface area contributed by atoms with E-state index in [1.165, 1.54) is 16.9 Å². The molecule has 6 heteroatoms. The van der Waals surface area contributed by atoms with Gasteiger partial charge in [-0.3, -0.25) is 4.79 Å². The van der Waals surface area contributed by atoms with Gasteiger partial charge in [0.2, 0.25) is 0 Å². The van der Waals surface area contributed by atoms with Crippen LogP contribution in [-0.2, 0) is 6.42 Å². The van der Waals surface area contributed by atoms with Crippen LogP contribution in [0.25, 0.3) is 0 Å². The van der Waals surface area contributed by atoms with Gasteiger partial charge in [0.1, 0.15) is 10.6 Å². The van der Waals surface area contributed by atoms with E-state index in [1.54, 1.807) is 13.3 Å². The van der Waals surface area contributed by atoms with Gasteiger partial charge in [-0.25, -0.2) is 4.98 Å². The molecule has 1 saturated heterocycles. The lowest BCUT2D eigenvalue weighted by Gasteiger charge is -2.32. The first-order valence-corrected chi connectivity index (χ1v) is 9.07. The molecule has 1 atom stereocenters.